The summed E-state index contributed by atoms with van der Waals surface area (Å²) in [7, 11) is 3.28. The first kappa shape index (κ1) is 30.9. The van der Waals surface area contributed by atoms with Crippen molar-refractivity contribution in [2.24, 2.45) is 4.99 Å². The van der Waals surface area contributed by atoms with Crippen molar-refractivity contribution in [1.29, 1.82) is 0 Å². The van der Waals surface area contributed by atoms with E-state index in [2.05, 4.69) is 45.1 Å². The monoisotopic (exact) mass is 663 g/mol. The molecule has 230 valence electrons. The molecule has 0 N–H and O–H groups in total. The van der Waals surface area contributed by atoms with E-state index in [4.69, 9.17) is 9.73 Å². The van der Waals surface area contributed by atoms with Crippen LogP contribution in [0.15, 0.2) is 113 Å². The Morgan fingerprint density at radius 3 is 2.42 bits per heavy atom. The maximum absolute atomic E-state index is 14.2. The van der Waals surface area contributed by atoms with Crippen molar-refractivity contribution in [3.05, 3.63) is 135 Å². The van der Waals surface area contributed by atoms with E-state index in [1.165, 1.54) is 18.2 Å². The van der Waals surface area contributed by atoms with Gasteiger partial charge in [0.1, 0.15) is 0 Å². The lowest BCUT2D eigenvalue weighted by atomic mass is 9.92. The summed E-state index contributed by atoms with van der Waals surface area (Å²) in [6, 6.07) is 33.4. The summed E-state index contributed by atoms with van der Waals surface area (Å²) in [5.74, 6) is -0.437. The second kappa shape index (κ2) is 13.9. The number of likely N-dealkylation sites (N-methyl/N-ethyl adjacent to an activating group) is 1. The lowest BCUT2D eigenvalue weighted by Crippen LogP contribution is -2.44. The van der Waals surface area contributed by atoms with Gasteiger partial charge in [-0.1, -0.05) is 101 Å². The number of carbonyl (C=O) groups excluding carboxylic acids is 2. The Kier molecular flexibility index (Phi) is 9.57. The van der Waals surface area contributed by atoms with Crippen LogP contribution in [0.2, 0.25) is 0 Å². The molecule has 2 aliphatic rings. The van der Waals surface area contributed by atoms with Gasteiger partial charge >= 0.3 is 5.97 Å². The number of methoxy groups -OCH3 is 1. The molecule has 1 aliphatic carbocycles. The van der Waals surface area contributed by atoms with Crippen LogP contribution in [0, 0.1) is 0 Å². The molecule has 0 spiro atoms. The lowest BCUT2D eigenvalue weighted by molar-refractivity contribution is -0.142. The molecule has 0 bridgehead atoms. The highest BCUT2D eigenvalue weighted by Crippen LogP contribution is 2.39. The largest absolute Gasteiger partial charge is 0.467 e. The molecule has 1 heterocycles. The highest BCUT2D eigenvalue weighted by Gasteiger charge is 2.37. The molecule has 0 radical (unpaired) electrons. The van der Waals surface area contributed by atoms with Crippen LogP contribution >= 0.6 is 15.9 Å². The number of esters is 1. The fraction of sp³-hybridized carbons (Fsp3) is 0.289. The minimum Gasteiger partial charge on any atom is -0.467 e. The number of para-hydroxylation sites is 1. The summed E-state index contributed by atoms with van der Waals surface area (Å²) < 4.78 is 6.33. The molecule has 1 fully saturated rings. The van der Waals surface area contributed by atoms with Crippen LogP contribution in [0.4, 0.5) is 5.69 Å². The van der Waals surface area contributed by atoms with Gasteiger partial charge < -0.3 is 9.64 Å². The van der Waals surface area contributed by atoms with Crippen LogP contribution in [0.3, 0.4) is 0 Å². The van der Waals surface area contributed by atoms with Crippen LogP contribution in [0.25, 0.3) is 0 Å². The zero-order valence-corrected chi connectivity index (χ0v) is 27.3. The maximum atomic E-state index is 14.2. The molecule has 1 amide bonds. The third-order valence-electron chi connectivity index (χ3n) is 9.10. The van der Waals surface area contributed by atoms with E-state index in [9.17, 15) is 9.59 Å². The second-order valence-electron chi connectivity index (χ2n) is 11.8. The van der Waals surface area contributed by atoms with E-state index in [0.29, 0.717) is 5.71 Å². The number of fused-ring (bicyclic) bond motifs is 1. The Balaban J connectivity index is 1.39. The summed E-state index contributed by atoms with van der Waals surface area (Å²) in [5, 5.41) is 0. The van der Waals surface area contributed by atoms with Gasteiger partial charge in [-0.3, -0.25) is 14.7 Å². The zero-order valence-electron chi connectivity index (χ0n) is 25.7. The first-order valence-corrected chi connectivity index (χ1v) is 16.4. The van der Waals surface area contributed by atoms with Crippen molar-refractivity contribution in [2.45, 2.75) is 50.2 Å². The number of hydrogen-bond donors (Lipinski definition) is 0. The van der Waals surface area contributed by atoms with Crippen molar-refractivity contribution < 1.29 is 14.3 Å². The van der Waals surface area contributed by atoms with Gasteiger partial charge in [0.25, 0.3) is 0 Å². The van der Waals surface area contributed by atoms with E-state index < -0.39 is 6.04 Å². The Bertz CT molecular complexity index is 1690. The third kappa shape index (κ3) is 6.65. The average molecular weight is 665 g/mol. The smallest absolute Gasteiger partial charge is 0.331 e. The number of halogens is 1. The molecule has 0 aromatic heterocycles. The summed E-state index contributed by atoms with van der Waals surface area (Å²) in [4.78, 5) is 37.0. The number of aryl methyl sites for hydroxylation is 1. The number of likely N-dealkylation sites (tertiary alicyclic amines) is 1. The maximum Gasteiger partial charge on any atom is 0.331 e. The van der Waals surface area contributed by atoms with Crippen LogP contribution in [-0.4, -0.2) is 55.3 Å². The molecule has 6 rings (SSSR count). The Hall–Kier alpha value is -4.07. The molecule has 6 nitrogen and oxygen atoms in total. The molecular weight excluding hydrogens is 626 g/mol. The molecular formula is C38H38BrN3O3. The topological polar surface area (TPSA) is 62.2 Å². The molecule has 7 heteroatoms. The van der Waals surface area contributed by atoms with E-state index in [1.54, 1.807) is 4.90 Å². The van der Waals surface area contributed by atoms with Crippen LogP contribution < -0.4 is 4.90 Å². The molecule has 4 aromatic rings. The molecule has 2 unspecified atom stereocenters. The summed E-state index contributed by atoms with van der Waals surface area (Å²) in [6.45, 7) is 1.63. The third-order valence-corrected chi connectivity index (χ3v) is 9.59. The van der Waals surface area contributed by atoms with Gasteiger partial charge in [-0.05, 0) is 67.1 Å². The predicted octanol–water partition coefficient (Wildman–Crippen LogP) is 7.19. The molecule has 3 atom stereocenters. The van der Waals surface area contributed by atoms with Crippen LogP contribution in [-0.2, 0) is 27.3 Å². The normalized spacial score (nSPS) is 18.8. The van der Waals surface area contributed by atoms with Crippen molar-refractivity contribution >= 4 is 39.2 Å². The number of rotatable bonds is 9. The minimum atomic E-state index is -0.744. The average Bonchev–Trinajstić information content (AvgIpc) is 3.72. The number of nitrogens with zero attached hydrogens (tertiary/aromatic N) is 3. The fourth-order valence-corrected chi connectivity index (χ4v) is 7.20. The number of amides is 1. The molecule has 1 saturated heterocycles. The molecule has 1 aliphatic heterocycles. The first-order valence-electron chi connectivity index (χ1n) is 15.6. The van der Waals surface area contributed by atoms with E-state index in [-0.39, 0.29) is 23.8 Å². The minimum absolute atomic E-state index is 0.0578. The number of anilines is 1. The highest BCUT2D eigenvalue weighted by molar-refractivity contribution is 9.10. The number of aliphatic imine (C=N–C) groups is 1. The van der Waals surface area contributed by atoms with E-state index in [1.807, 2.05) is 85.9 Å². The lowest BCUT2D eigenvalue weighted by Gasteiger charge is -2.29. The number of benzene rings is 4. The Morgan fingerprint density at radius 1 is 0.956 bits per heavy atom. The highest BCUT2D eigenvalue weighted by atomic mass is 79.9. The van der Waals surface area contributed by atoms with Gasteiger partial charge in [0.05, 0.1) is 24.6 Å². The van der Waals surface area contributed by atoms with Gasteiger partial charge in [-0.15, -0.1) is 0 Å². The van der Waals surface area contributed by atoms with Crippen molar-refractivity contribution in [3.63, 3.8) is 0 Å². The molecule has 4 aromatic carbocycles. The van der Waals surface area contributed by atoms with Gasteiger partial charge in [0, 0.05) is 35.1 Å². The van der Waals surface area contributed by atoms with Crippen molar-refractivity contribution in [1.82, 2.24) is 4.90 Å². The van der Waals surface area contributed by atoms with Crippen LogP contribution in [0.1, 0.15) is 53.0 Å². The summed E-state index contributed by atoms with van der Waals surface area (Å²) in [5.41, 5.74) is 6.65. The SMILES string of the molecule is COC(=O)C(/N=C(\c1ccccc1)c1ccccc1N(C)C(=O)C1CCCN1Cc1ccccc1)[C@@H]1CCc2ccc(Br)cc21. The standard InChI is InChI=1S/C38H38BrN3O3/c1-41(37(43)34-18-11-23-42(34)25-26-12-5-3-6-13-26)33-17-10-9-16-31(33)35(28-14-7-4-8-15-28)40-36(38(44)45-2)30-22-20-27-19-21-29(39)24-32(27)30/h3-10,12-17,19,21,24,30,34,36H,11,18,20,22-23,25H2,1-2H3/b40-35+/t30-,34?,36?/m1/s1. The van der Waals surface area contributed by atoms with Gasteiger partial charge in [-0.25, -0.2) is 4.79 Å². The Labute approximate surface area is 273 Å². The predicted molar refractivity (Wildman–Crippen MR) is 183 cm³/mol. The van der Waals surface area contributed by atoms with E-state index in [0.717, 1.165) is 65.6 Å². The van der Waals surface area contributed by atoms with Crippen molar-refractivity contribution in [2.75, 3.05) is 25.6 Å². The Morgan fingerprint density at radius 2 is 1.67 bits per heavy atom. The zero-order chi connectivity index (χ0) is 31.3. The number of ether oxygens (including phenoxy) is 1. The molecule has 45 heavy (non-hydrogen) atoms. The quantitative estimate of drug-likeness (QED) is 0.141. The van der Waals surface area contributed by atoms with Crippen LogP contribution in [0.5, 0.6) is 0 Å². The van der Waals surface area contributed by atoms with Gasteiger partial charge in [0.2, 0.25) is 5.91 Å². The number of hydrogen-bond acceptors (Lipinski definition) is 5. The van der Waals surface area contributed by atoms with Gasteiger partial charge in [0.15, 0.2) is 6.04 Å². The molecule has 0 saturated carbocycles. The fourth-order valence-electron chi connectivity index (χ4n) is 6.82. The summed E-state index contributed by atoms with van der Waals surface area (Å²) >= 11 is 3.62. The van der Waals surface area contributed by atoms with Gasteiger partial charge in [-0.2, -0.15) is 0 Å². The first-order chi connectivity index (χ1) is 21.9. The van der Waals surface area contributed by atoms with E-state index >= 15 is 0 Å². The number of carbonyl (C=O) groups is 2. The second-order valence-corrected chi connectivity index (χ2v) is 12.7. The van der Waals surface area contributed by atoms with Crippen molar-refractivity contribution in [3.8, 4) is 0 Å². The summed E-state index contributed by atoms with van der Waals surface area (Å²) in [6.07, 6.45) is 3.48.